The summed E-state index contributed by atoms with van der Waals surface area (Å²) in [5.41, 5.74) is 20.7. The number of phenolic OH excluding ortho intramolecular Hbond substituents is 1. The van der Waals surface area contributed by atoms with Gasteiger partial charge in [0.2, 0.25) is 17.2 Å². The normalized spacial score (nSPS) is 14.5. The molecule has 0 unspecified atom stereocenters. The minimum Gasteiger partial charge on any atom is -0.506 e. The zero-order valence-corrected chi connectivity index (χ0v) is 54.5. The van der Waals surface area contributed by atoms with Gasteiger partial charge in [0.1, 0.15) is 30.3 Å². The molecule has 7 aromatic carbocycles. The van der Waals surface area contributed by atoms with Gasteiger partial charge in [0.05, 0.1) is 87.6 Å². The fraction of sp³-hybridized carbons (Fsp3) is 0.351. The van der Waals surface area contributed by atoms with Crippen molar-refractivity contribution in [1.29, 1.82) is 0 Å². The van der Waals surface area contributed by atoms with Crippen LogP contribution in [0.2, 0.25) is 0 Å². The molecule has 13 rings (SSSR count). The summed E-state index contributed by atoms with van der Waals surface area (Å²) in [5, 5.41) is 32.8. The maximum Gasteiger partial charge on any atom is 0.336 e. The second-order valence-electron chi connectivity index (χ2n) is 25.1. The van der Waals surface area contributed by atoms with Crippen LogP contribution in [0.1, 0.15) is 125 Å². The summed E-state index contributed by atoms with van der Waals surface area (Å²) in [4.78, 5) is 70.2. The fourth-order valence-corrected chi connectivity index (χ4v) is 14.0. The average Bonchev–Trinajstić information content (AvgIpc) is 0.711. The average molecular weight is 1310 g/mol. The Labute approximate surface area is 563 Å². The van der Waals surface area contributed by atoms with Gasteiger partial charge in [-0.15, -0.1) is 0 Å². The number of fused-ring (bicyclic) bond motifs is 6. The van der Waals surface area contributed by atoms with E-state index in [1.807, 2.05) is 60.7 Å². The van der Waals surface area contributed by atoms with E-state index < -0.39 is 11.9 Å². The van der Waals surface area contributed by atoms with Crippen LogP contribution in [0.5, 0.6) is 17.2 Å². The molecule has 7 N–H and O–H groups in total. The number of benzene rings is 7. The number of aryl methyl sites for hydroxylation is 2. The van der Waals surface area contributed by atoms with Crippen LogP contribution in [0, 0.1) is 11.8 Å². The number of hydrogen-bond acceptors (Lipinski definition) is 14. The minimum absolute atomic E-state index is 0.0102. The number of rotatable bonds is 28. The predicted octanol–water partition coefficient (Wildman–Crippen LogP) is 7.58. The van der Waals surface area contributed by atoms with Crippen LogP contribution in [-0.4, -0.2) is 138 Å². The summed E-state index contributed by atoms with van der Waals surface area (Å²) >= 11 is 0. The Morgan fingerprint density at radius 2 is 1.26 bits per heavy atom. The molecule has 0 saturated carbocycles. The first-order valence-corrected chi connectivity index (χ1v) is 33.9. The SMILES string of the molecule is O=C(CCOCCOCCOCCOCCNC(=O)c1ccc(NNc2ccc(CCNC(=O)c3ccc(C4=c5cc6c7c(c5Oc5c4cc4c8c5CCCN8CCC4)CCC[N+]=7CCC6)c(C(=O)O)c3)cc2O)cc1)NCCC(=O)N1Cc2ccccc2C#Cc2ccccc21. The highest BCUT2D eigenvalue weighted by molar-refractivity contribution is 6.03. The number of aromatic carboxylic acids is 1. The number of nitrogens with one attached hydrogen (secondary N) is 5. The van der Waals surface area contributed by atoms with Crippen molar-refractivity contribution in [2.24, 2.45) is 0 Å². The molecule has 0 radical (unpaired) electrons. The van der Waals surface area contributed by atoms with Crippen LogP contribution >= 0.6 is 0 Å². The van der Waals surface area contributed by atoms with Crippen molar-refractivity contribution in [2.75, 3.05) is 119 Å². The van der Waals surface area contributed by atoms with Crippen LogP contribution in [0.15, 0.2) is 121 Å². The van der Waals surface area contributed by atoms with Crippen molar-refractivity contribution in [3.05, 3.63) is 204 Å². The predicted molar refractivity (Wildman–Crippen MR) is 369 cm³/mol. The number of phenols is 1. The lowest BCUT2D eigenvalue weighted by Crippen LogP contribution is -2.45. The molecule has 6 aliphatic heterocycles. The first-order chi connectivity index (χ1) is 47.5. The van der Waals surface area contributed by atoms with Gasteiger partial charge in [0.25, 0.3) is 11.8 Å². The smallest absolute Gasteiger partial charge is 0.336 e. The molecule has 20 nitrogen and oxygen atoms in total. The molecule has 0 saturated heterocycles. The van der Waals surface area contributed by atoms with Crippen LogP contribution in [0.3, 0.4) is 0 Å². The third kappa shape index (κ3) is 15.2. The Bertz CT molecular complexity index is 4360. The van der Waals surface area contributed by atoms with Gasteiger partial charge >= 0.3 is 5.97 Å². The number of aromatic hydroxyl groups is 1. The number of hydrazine groups is 1. The summed E-state index contributed by atoms with van der Waals surface area (Å²) in [6.07, 6.45) is 8.59. The maximum atomic E-state index is 13.8. The number of amides is 4. The zero-order chi connectivity index (χ0) is 66.6. The van der Waals surface area contributed by atoms with E-state index in [9.17, 15) is 34.2 Å². The lowest BCUT2D eigenvalue weighted by Gasteiger charge is -2.39. The van der Waals surface area contributed by atoms with Gasteiger partial charge < -0.3 is 65.1 Å². The van der Waals surface area contributed by atoms with Gasteiger partial charge in [-0.3, -0.25) is 24.6 Å². The molecule has 0 bridgehead atoms. The maximum absolute atomic E-state index is 13.8. The van der Waals surface area contributed by atoms with Gasteiger partial charge in [-0.2, -0.15) is 0 Å². The van der Waals surface area contributed by atoms with E-state index in [2.05, 4.69) is 60.3 Å². The van der Waals surface area contributed by atoms with Crippen LogP contribution in [0.25, 0.3) is 5.57 Å². The number of carboxylic acid groups (broad SMARTS) is 1. The molecule has 500 valence electrons. The molecule has 0 aromatic heterocycles. The molecule has 0 fully saturated rings. The van der Waals surface area contributed by atoms with E-state index in [0.717, 1.165) is 133 Å². The zero-order valence-electron chi connectivity index (χ0n) is 54.5. The summed E-state index contributed by atoms with van der Waals surface area (Å²) in [5.74, 6) is 6.02. The lowest BCUT2D eigenvalue weighted by atomic mass is 9.81. The van der Waals surface area contributed by atoms with Gasteiger partial charge in [-0.25, -0.2) is 9.37 Å². The van der Waals surface area contributed by atoms with Crippen LogP contribution in [-0.2, 0) is 67.2 Å². The molecule has 6 aliphatic rings. The van der Waals surface area contributed by atoms with Gasteiger partial charge in [-0.1, -0.05) is 54.3 Å². The first-order valence-electron chi connectivity index (χ1n) is 33.9. The monoisotopic (exact) mass is 1310 g/mol. The highest BCUT2D eigenvalue weighted by Crippen LogP contribution is 2.49. The van der Waals surface area contributed by atoms with Crippen molar-refractivity contribution in [2.45, 2.75) is 77.2 Å². The van der Waals surface area contributed by atoms with Crippen molar-refractivity contribution in [1.82, 2.24) is 20.5 Å². The van der Waals surface area contributed by atoms with Gasteiger partial charge in [0.15, 0.2) is 0 Å². The Kier molecular flexibility index (Phi) is 20.8. The standard InChI is InChI=1S/C77H80N8O12/c86-67-45-50(27-30-79-76(90)56-22-25-59(62(48-56)77(91)92)70-63-46-54-12-5-33-83-35-7-14-60(71(54)83)73(63)97-74-61-15-8-36-84-34-6-13-55(72(61)84)47-64(70)74)17-26-65(67)82-81-58-23-20-53(21-24-58)75(89)80-32-38-94-40-42-96-44-43-95-41-39-93-37-29-68(87)78-31-28-69(88)85-49-57-11-2-1-9-51(57)18-19-52-10-3-4-16-66(52)85/h1-4,9-11,16-17,20-26,45-48,79H,5-8,12-15,27-44,49H2,(H5,78,80,81,86,87,89,90,91,92)/p+1. The summed E-state index contributed by atoms with van der Waals surface area (Å²) < 4.78 is 32.0. The molecule has 7 aromatic rings. The molecule has 0 atom stereocenters. The van der Waals surface area contributed by atoms with E-state index in [1.165, 1.54) is 39.4 Å². The molecule has 97 heavy (non-hydrogen) atoms. The topological polar surface area (TPSA) is 242 Å². The van der Waals surface area contributed by atoms with E-state index in [-0.39, 0.29) is 67.1 Å². The van der Waals surface area contributed by atoms with Crippen LogP contribution < -0.4 is 56.5 Å². The summed E-state index contributed by atoms with van der Waals surface area (Å²) in [6, 6.07) is 37.0. The van der Waals surface area contributed by atoms with Crippen molar-refractivity contribution in [3.63, 3.8) is 0 Å². The fourth-order valence-electron chi connectivity index (χ4n) is 14.0. The van der Waals surface area contributed by atoms with E-state index in [4.69, 9.17) is 23.7 Å². The summed E-state index contributed by atoms with van der Waals surface area (Å²) in [6.45, 7) is 7.86. The van der Waals surface area contributed by atoms with Crippen LogP contribution in [0.4, 0.5) is 22.7 Å². The van der Waals surface area contributed by atoms with Crippen molar-refractivity contribution < 1.29 is 57.9 Å². The van der Waals surface area contributed by atoms with E-state index >= 15 is 0 Å². The highest BCUT2D eigenvalue weighted by atomic mass is 16.6. The second kappa shape index (κ2) is 30.8. The number of carbonyl (C=O) groups is 5. The third-order valence-corrected chi connectivity index (χ3v) is 18.7. The molecule has 0 spiro atoms. The lowest BCUT2D eigenvalue weighted by molar-refractivity contribution is -0.122. The molecular formula is C77H81N8O12+. The van der Waals surface area contributed by atoms with Gasteiger partial charge in [0, 0.05) is 114 Å². The largest absolute Gasteiger partial charge is 0.506 e. The quantitative estimate of drug-likeness (QED) is 0.00822. The second-order valence-corrected chi connectivity index (χ2v) is 25.1. The summed E-state index contributed by atoms with van der Waals surface area (Å²) in [7, 11) is 0. The molecule has 20 heteroatoms. The molecule has 4 amide bonds. The minimum atomic E-state index is -1.11. The van der Waals surface area contributed by atoms with Crippen molar-refractivity contribution in [3.8, 4) is 29.1 Å². The molecular weight excluding hydrogens is 1230 g/mol. The Morgan fingerprint density at radius 1 is 0.577 bits per heavy atom. The highest BCUT2D eigenvalue weighted by Gasteiger charge is 2.37. The number of para-hydroxylation sites is 1. The molecule has 6 heterocycles. The van der Waals surface area contributed by atoms with E-state index in [0.29, 0.717) is 88.3 Å². The number of hydrogen-bond donors (Lipinski definition) is 7. The first kappa shape index (κ1) is 65.6. The molecule has 0 aliphatic carbocycles. The Hall–Kier alpha value is -10.0. The third-order valence-electron chi connectivity index (χ3n) is 18.7. The number of ether oxygens (including phenoxy) is 5. The number of nitrogens with zero attached hydrogens (tertiary/aromatic N) is 3. The number of carbonyl (C=O) groups excluding carboxylic acids is 4. The Balaban J connectivity index is 0.497. The number of carboxylic acids is 1. The number of anilines is 4. The van der Waals surface area contributed by atoms with Crippen molar-refractivity contribution >= 4 is 57.9 Å². The Morgan fingerprint density at radius 3 is 2.05 bits per heavy atom. The van der Waals surface area contributed by atoms with E-state index in [1.54, 1.807) is 47.4 Å². The van der Waals surface area contributed by atoms with Gasteiger partial charge in [-0.05, 0) is 146 Å².